The summed E-state index contributed by atoms with van der Waals surface area (Å²) < 4.78 is 0. The maximum absolute atomic E-state index is 10.7. The van der Waals surface area contributed by atoms with Crippen LogP contribution in [0.4, 0.5) is 0 Å². The number of carbonyl (C=O) groups is 1. The van der Waals surface area contributed by atoms with Crippen molar-refractivity contribution < 1.29 is 9.90 Å². The number of nitrogens with one attached hydrogen (secondary N) is 1. The van der Waals surface area contributed by atoms with Crippen molar-refractivity contribution in [3.63, 3.8) is 0 Å². The molecule has 1 aromatic carbocycles. The molecule has 2 N–H and O–H groups in total. The van der Waals surface area contributed by atoms with Crippen molar-refractivity contribution >= 4 is 24.8 Å². The van der Waals surface area contributed by atoms with E-state index in [2.05, 4.69) is 5.32 Å². The fourth-order valence-corrected chi connectivity index (χ4v) is 1.52. The molecule has 86 valence electrons. The first-order chi connectivity index (χ1) is 7.67. The van der Waals surface area contributed by atoms with Gasteiger partial charge in [-0.3, -0.25) is 4.79 Å². The average molecular weight is 226 g/mol. The number of rotatable bonds is 5. The quantitative estimate of drug-likeness (QED) is 0.735. The van der Waals surface area contributed by atoms with Crippen LogP contribution in [-0.2, 0) is 4.79 Å². The normalized spacial score (nSPS) is 11.1. The van der Waals surface area contributed by atoms with Crippen molar-refractivity contribution in [2.24, 2.45) is 0 Å². The van der Waals surface area contributed by atoms with Crippen LogP contribution in [0.2, 0.25) is 0 Å². The molecule has 0 bridgehead atoms. The van der Waals surface area contributed by atoms with Gasteiger partial charge in [-0.15, -0.1) is 0 Å². The molecule has 1 aromatic rings. The summed E-state index contributed by atoms with van der Waals surface area (Å²) in [5.41, 5.74) is 1.47. The van der Waals surface area contributed by atoms with Gasteiger partial charge in [0.1, 0.15) is 0 Å². The molecule has 0 aliphatic rings. The molecule has 0 spiro atoms. The first-order valence-electron chi connectivity index (χ1n) is 5.12. The fourth-order valence-electron chi connectivity index (χ4n) is 1.52. The summed E-state index contributed by atoms with van der Waals surface area (Å²) in [6.07, 6.45) is 0.0414. The standard InChI is InChI=1S/C12H14N2O2.Li.H/c1-2-14-11(7-12(15)16)10-5-3-9(8-13)4-6-10;;/h3-6,11,14H,2,7H2,1H3,(H,15,16);;/t11-;;/m1../s1. The molecule has 0 heterocycles. The summed E-state index contributed by atoms with van der Waals surface area (Å²) in [5, 5.41) is 20.5. The van der Waals surface area contributed by atoms with Crippen molar-refractivity contribution in [2.75, 3.05) is 6.54 Å². The Morgan fingerprint density at radius 1 is 1.47 bits per heavy atom. The molecule has 17 heavy (non-hydrogen) atoms. The van der Waals surface area contributed by atoms with E-state index < -0.39 is 5.97 Å². The zero-order chi connectivity index (χ0) is 12.0. The number of nitrogens with zero attached hydrogens (tertiary/aromatic N) is 1. The van der Waals surface area contributed by atoms with E-state index in [1.54, 1.807) is 24.3 Å². The zero-order valence-electron chi connectivity index (χ0n) is 9.10. The number of carboxylic acids is 1. The van der Waals surface area contributed by atoms with E-state index in [1.165, 1.54) is 0 Å². The van der Waals surface area contributed by atoms with E-state index in [0.717, 1.165) is 5.56 Å². The molecule has 0 unspecified atom stereocenters. The van der Waals surface area contributed by atoms with Gasteiger partial charge in [-0.2, -0.15) is 5.26 Å². The Bertz CT molecular complexity index is 398. The van der Waals surface area contributed by atoms with E-state index in [9.17, 15) is 4.79 Å². The van der Waals surface area contributed by atoms with Crippen LogP contribution in [0.3, 0.4) is 0 Å². The van der Waals surface area contributed by atoms with Crippen LogP contribution in [0.1, 0.15) is 30.5 Å². The van der Waals surface area contributed by atoms with Crippen LogP contribution >= 0.6 is 0 Å². The van der Waals surface area contributed by atoms with E-state index in [1.807, 2.05) is 13.0 Å². The number of carboxylic acid groups (broad SMARTS) is 1. The Morgan fingerprint density at radius 2 is 2.06 bits per heavy atom. The Balaban J connectivity index is 0.00000256. The molecule has 0 saturated carbocycles. The Labute approximate surface area is 113 Å². The topological polar surface area (TPSA) is 73.1 Å². The van der Waals surface area contributed by atoms with Crippen molar-refractivity contribution in [1.82, 2.24) is 5.32 Å². The van der Waals surface area contributed by atoms with Crippen LogP contribution in [0, 0.1) is 11.3 Å². The monoisotopic (exact) mass is 226 g/mol. The third kappa shape index (κ3) is 5.06. The molecule has 1 rings (SSSR count). The second-order valence-electron chi connectivity index (χ2n) is 3.44. The summed E-state index contributed by atoms with van der Waals surface area (Å²) in [6.45, 7) is 2.64. The molecule has 4 nitrogen and oxygen atoms in total. The van der Waals surface area contributed by atoms with Gasteiger partial charge in [0, 0.05) is 6.04 Å². The van der Waals surface area contributed by atoms with E-state index >= 15 is 0 Å². The molecule has 1 atom stereocenters. The number of nitriles is 1. The van der Waals surface area contributed by atoms with Crippen molar-refractivity contribution in [3.8, 4) is 6.07 Å². The second kappa shape index (κ2) is 7.92. The van der Waals surface area contributed by atoms with E-state index in [4.69, 9.17) is 10.4 Å². The molecule has 0 aliphatic heterocycles. The summed E-state index contributed by atoms with van der Waals surface area (Å²) >= 11 is 0. The van der Waals surface area contributed by atoms with Gasteiger partial charge in [-0.1, -0.05) is 19.1 Å². The Hall–Kier alpha value is -1.26. The third-order valence-electron chi connectivity index (χ3n) is 2.27. The summed E-state index contributed by atoms with van der Waals surface area (Å²) in [6, 6.07) is 8.80. The molecule has 0 saturated heterocycles. The van der Waals surface area contributed by atoms with E-state index in [-0.39, 0.29) is 31.3 Å². The van der Waals surface area contributed by atoms with Gasteiger partial charge in [0.2, 0.25) is 0 Å². The van der Waals surface area contributed by atoms with Crippen LogP contribution in [0.15, 0.2) is 24.3 Å². The number of hydrogen-bond donors (Lipinski definition) is 2. The molecule has 0 amide bonds. The van der Waals surface area contributed by atoms with Crippen LogP contribution in [0.25, 0.3) is 0 Å². The molecule has 0 aliphatic carbocycles. The predicted octanol–water partition coefficient (Wildman–Crippen LogP) is 1.04. The average Bonchev–Trinajstić information content (AvgIpc) is 2.28. The minimum atomic E-state index is -0.838. The minimum absolute atomic E-state index is 0. The van der Waals surface area contributed by atoms with Gasteiger partial charge in [0.15, 0.2) is 0 Å². The van der Waals surface area contributed by atoms with Gasteiger partial charge < -0.3 is 10.4 Å². The molecule has 0 aromatic heterocycles. The van der Waals surface area contributed by atoms with Crippen LogP contribution in [0.5, 0.6) is 0 Å². The van der Waals surface area contributed by atoms with Gasteiger partial charge in [-0.05, 0) is 24.2 Å². The molecule has 0 radical (unpaired) electrons. The van der Waals surface area contributed by atoms with Gasteiger partial charge in [-0.25, -0.2) is 0 Å². The fraction of sp³-hybridized carbons (Fsp3) is 0.333. The van der Waals surface area contributed by atoms with Gasteiger partial charge >= 0.3 is 24.8 Å². The third-order valence-corrected chi connectivity index (χ3v) is 2.27. The number of benzene rings is 1. The Morgan fingerprint density at radius 3 is 2.47 bits per heavy atom. The van der Waals surface area contributed by atoms with E-state index in [0.29, 0.717) is 12.1 Å². The summed E-state index contributed by atoms with van der Waals surface area (Å²) in [5.74, 6) is -0.838. The van der Waals surface area contributed by atoms with Gasteiger partial charge in [0.05, 0.1) is 18.1 Å². The summed E-state index contributed by atoms with van der Waals surface area (Å²) in [4.78, 5) is 10.7. The van der Waals surface area contributed by atoms with Crippen LogP contribution < -0.4 is 5.32 Å². The van der Waals surface area contributed by atoms with Crippen molar-refractivity contribution in [2.45, 2.75) is 19.4 Å². The summed E-state index contributed by atoms with van der Waals surface area (Å²) in [7, 11) is 0. The SMILES string of the molecule is CCN[C@H](CC(=O)O)c1ccc(C#N)cc1.[LiH]. The van der Waals surface area contributed by atoms with Crippen molar-refractivity contribution in [1.29, 1.82) is 5.26 Å². The number of aliphatic carboxylic acids is 1. The Kier molecular flexibility index (Phi) is 7.33. The molecule has 0 fully saturated rings. The molecular formula is C12H15LiN2O2. The number of hydrogen-bond acceptors (Lipinski definition) is 3. The second-order valence-corrected chi connectivity index (χ2v) is 3.44. The van der Waals surface area contributed by atoms with Crippen LogP contribution in [-0.4, -0.2) is 36.5 Å². The van der Waals surface area contributed by atoms with Gasteiger partial charge in [0.25, 0.3) is 0 Å². The maximum atomic E-state index is 10.7. The van der Waals surface area contributed by atoms with Crippen molar-refractivity contribution in [3.05, 3.63) is 35.4 Å². The first kappa shape index (κ1) is 15.7. The molecule has 5 heteroatoms. The zero-order valence-corrected chi connectivity index (χ0v) is 9.10. The molecular weight excluding hydrogens is 211 g/mol. The first-order valence-corrected chi connectivity index (χ1v) is 5.12. The predicted molar refractivity (Wildman–Crippen MR) is 67.0 cm³/mol.